The molecule has 0 fully saturated rings. The highest BCUT2D eigenvalue weighted by Gasteiger charge is 2.19. The van der Waals surface area contributed by atoms with Crippen LogP contribution in [0.4, 0.5) is 10.1 Å². The molecule has 6 heteroatoms. The van der Waals surface area contributed by atoms with Crippen molar-refractivity contribution in [2.45, 2.75) is 26.8 Å². The lowest BCUT2D eigenvalue weighted by molar-refractivity contribution is -0.121. The summed E-state index contributed by atoms with van der Waals surface area (Å²) in [4.78, 5) is 22.9. The Balaban J connectivity index is 2.55. The molecule has 0 heterocycles. The second-order valence-electron chi connectivity index (χ2n) is 5.02. The molecule has 0 aliphatic heterocycles. The number of nitrogens with two attached hydrogens (primary N) is 1. The molecule has 2 amide bonds. The van der Waals surface area contributed by atoms with Crippen molar-refractivity contribution in [3.63, 3.8) is 0 Å². The molecule has 0 radical (unpaired) electrons. The van der Waals surface area contributed by atoms with Crippen LogP contribution in [0, 0.1) is 18.7 Å². The van der Waals surface area contributed by atoms with Crippen LogP contribution in [0.2, 0.25) is 0 Å². The van der Waals surface area contributed by atoms with Crippen LogP contribution < -0.4 is 16.4 Å². The summed E-state index contributed by atoms with van der Waals surface area (Å²) >= 11 is 0. The summed E-state index contributed by atoms with van der Waals surface area (Å²) in [6.07, 6.45) is 0. The summed E-state index contributed by atoms with van der Waals surface area (Å²) in [7, 11) is 0. The minimum atomic E-state index is -0.574. The molecular formula is C14H20FN3O2. The number of benzene rings is 1. The van der Waals surface area contributed by atoms with Crippen LogP contribution >= 0.6 is 0 Å². The molecule has 0 aliphatic carbocycles. The van der Waals surface area contributed by atoms with Gasteiger partial charge in [0, 0.05) is 5.69 Å². The number of amides is 2. The molecule has 1 rings (SSSR count). The van der Waals surface area contributed by atoms with E-state index < -0.39 is 11.9 Å². The molecule has 110 valence electrons. The molecule has 1 aromatic carbocycles. The van der Waals surface area contributed by atoms with Gasteiger partial charge in [0.1, 0.15) is 5.82 Å². The van der Waals surface area contributed by atoms with E-state index in [4.69, 9.17) is 5.73 Å². The molecule has 0 aromatic heterocycles. The number of carbonyl (C=O) groups is 2. The third-order valence-corrected chi connectivity index (χ3v) is 2.91. The predicted octanol–water partition coefficient (Wildman–Crippen LogP) is 1.17. The topological polar surface area (TPSA) is 84.2 Å². The average molecular weight is 281 g/mol. The molecular weight excluding hydrogens is 261 g/mol. The molecule has 1 atom stereocenters. The number of halogens is 1. The zero-order valence-corrected chi connectivity index (χ0v) is 11.9. The van der Waals surface area contributed by atoms with Crippen molar-refractivity contribution in [2.75, 3.05) is 11.9 Å². The van der Waals surface area contributed by atoms with Gasteiger partial charge >= 0.3 is 0 Å². The van der Waals surface area contributed by atoms with E-state index in [2.05, 4.69) is 10.6 Å². The Bertz CT molecular complexity index is 503. The molecule has 0 aliphatic rings. The van der Waals surface area contributed by atoms with E-state index in [0.29, 0.717) is 11.3 Å². The van der Waals surface area contributed by atoms with E-state index >= 15 is 0 Å². The van der Waals surface area contributed by atoms with Crippen molar-refractivity contribution in [2.24, 2.45) is 11.7 Å². The smallest absolute Gasteiger partial charge is 0.238 e. The van der Waals surface area contributed by atoms with E-state index in [1.807, 2.05) is 13.8 Å². The summed E-state index contributed by atoms with van der Waals surface area (Å²) < 4.78 is 13.3. The van der Waals surface area contributed by atoms with Gasteiger partial charge in [0.2, 0.25) is 11.8 Å². The summed E-state index contributed by atoms with van der Waals surface area (Å²) in [6.45, 7) is 5.23. The Morgan fingerprint density at radius 2 is 2.00 bits per heavy atom. The van der Waals surface area contributed by atoms with Gasteiger partial charge in [-0.15, -0.1) is 0 Å². The summed E-state index contributed by atoms with van der Waals surface area (Å²) in [5.74, 6) is -1.26. The van der Waals surface area contributed by atoms with Crippen molar-refractivity contribution < 1.29 is 14.0 Å². The minimum Gasteiger partial charge on any atom is -0.368 e. The lowest BCUT2D eigenvalue weighted by atomic mass is 10.0. The van der Waals surface area contributed by atoms with E-state index in [-0.39, 0.29) is 24.2 Å². The first kappa shape index (κ1) is 16.1. The van der Waals surface area contributed by atoms with Gasteiger partial charge in [-0.1, -0.05) is 19.9 Å². The lowest BCUT2D eigenvalue weighted by Crippen LogP contribution is -2.47. The Kier molecular flexibility index (Phi) is 5.64. The number of hydrogen-bond acceptors (Lipinski definition) is 3. The number of nitrogens with one attached hydrogen (secondary N) is 2. The van der Waals surface area contributed by atoms with Gasteiger partial charge in [-0.05, 0) is 30.5 Å². The van der Waals surface area contributed by atoms with Crippen LogP contribution in [0.3, 0.4) is 0 Å². The quantitative estimate of drug-likeness (QED) is 0.732. The molecule has 0 bridgehead atoms. The van der Waals surface area contributed by atoms with Crippen molar-refractivity contribution in [1.29, 1.82) is 0 Å². The Hall–Kier alpha value is -1.95. The fourth-order valence-electron chi connectivity index (χ4n) is 1.74. The molecule has 1 aromatic rings. The highest BCUT2D eigenvalue weighted by molar-refractivity contribution is 5.92. The maximum absolute atomic E-state index is 13.3. The van der Waals surface area contributed by atoms with Gasteiger partial charge in [-0.3, -0.25) is 14.9 Å². The number of hydrogen-bond donors (Lipinski definition) is 3. The molecule has 0 saturated heterocycles. The number of rotatable bonds is 6. The van der Waals surface area contributed by atoms with Gasteiger partial charge in [-0.2, -0.15) is 0 Å². The van der Waals surface area contributed by atoms with Crippen LogP contribution in [-0.2, 0) is 9.59 Å². The monoisotopic (exact) mass is 281 g/mol. The number of primary amides is 1. The van der Waals surface area contributed by atoms with Crippen LogP contribution in [0.5, 0.6) is 0 Å². The van der Waals surface area contributed by atoms with Gasteiger partial charge in [0.15, 0.2) is 0 Å². The van der Waals surface area contributed by atoms with Gasteiger partial charge < -0.3 is 11.1 Å². The van der Waals surface area contributed by atoms with Crippen molar-refractivity contribution in [3.05, 3.63) is 29.6 Å². The molecule has 0 saturated carbocycles. The first-order valence-corrected chi connectivity index (χ1v) is 6.40. The highest BCUT2D eigenvalue weighted by Crippen LogP contribution is 2.13. The maximum atomic E-state index is 13.3. The first-order valence-electron chi connectivity index (χ1n) is 6.40. The second kappa shape index (κ2) is 7.00. The van der Waals surface area contributed by atoms with E-state index in [9.17, 15) is 14.0 Å². The third-order valence-electron chi connectivity index (χ3n) is 2.91. The van der Waals surface area contributed by atoms with Crippen LogP contribution in [0.25, 0.3) is 0 Å². The van der Waals surface area contributed by atoms with Crippen molar-refractivity contribution >= 4 is 17.5 Å². The molecule has 0 unspecified atom stereocenters. The lowest BCUT2D eigenvalue weighted by Gasteiger charge is -2.18. The fraction of sp³-hybridized carbons (Fsp3) is 0.429. The Morgan fingerprint density at radius 1 is 1.35 bits per heavy atom. The van der Waals surface area contributed by atoms with Gasteiger partial charge in [0.05, 0.1) is 12.6 Å². The summed E-state index contributed by atoms with van der Waals surface area (Å²) in [6, 6.07) is 3.88. The fourth-order valence-corrected chi connectivity index (χ4v) is 1.74. The van der Waals surface area contributed by atoms with E-state index in [0.717, 1.165) is 0 Å². The predicted molar refractivity (Wildman–Crippen MR) is 75.6 cm³/mol. The normalized spacial score (nSPS) is 12.2. The van der Waals surface area contributed by atoms with Gasteiger partial charge in [0.25, 0.3) is 0 Å². The number of carbonyl (C=O) groups excluding carboxylic acids is 2. The van der Waals surface area contributed by atoms with Crippen LogP contribution in [0.15, 0.2) is 18.2 Å². The Labute approximate surface area is 117 Å². The SMILES string of the molecule is Cc1ccc(NC(=O)CN[C@H](C(N)=O)C(C)C)cc1F. The highest BCUT2D eigenvalue weighted by atomic mass is 19.1. The third kappa shape index (κ3) is 4.62. The van der Waals surface area contributed by atoms with E-state index in [1.54, 1.807) is 19.1 Å². The number of anilines is 1. The van der Waals surface area contributed by atoms with E-state index in [1.165, 1.54) is 6.07 Å². The van der Waals surface area contributed by atoms with Crippen LogP contribution in [0.1, 0.15) is 19.4 Å². The molecule has 4 N–H and O–H groups in total. The Morgan fingerprint density at radius 3 is 2.50 bits per heavy atom. The molecule has 0 spiro atoms. The number of aryl methyl sites for hydroxylation is 1. The zero-order chi connectivity index (χ0) is 15.3. The minimum absolute atomic E-state index is 0.0166. The molecule has 20 heavy (non-hydrogen) atoms. The molecule has 5 nitrogen and oxygen atoms in total. The standard InChI is InChI=1S/C14H20FN3O2/c1-8(2)13(14(16)20)17-7-12(19)18-10-5-4-9(3)11(15)6-10/h4-6,8,13,17H,7H2,1-3H3,(H2,16,20)(H,18,19)/t13-/m0/s1. The van der Waals surface area contributed by atoms with Crippen molar-refractivity contribution in [1.82, 2.24) is 5.32 Å². The second-order valence-corrected chi connectivity index (χ2v) is 5.02. The summed E-state index contributed by atoms with van der Waals surface area (Å²) in [5.41, 5.74) is 6.11. The van der Waals surface area contributed by atoms with Crippen molar-refractivity contribution in [3.8, 4) is 0 Å². The largest absolute Gasteiger partial charge is 0.368 e. The maximum Gasteiger partial charge on any atom is 0.238 e. The van der Waals surface area contributed by atoms with Crippen LogP contribution in [-0.4, -0.2) is 24.4 Å². The summed E-state index contributed by atoms with van der Waals surface area (Å²) in [5, 5.41) is 5.33. The average Bonchev–Trinajstić information content (AvgIpc) is 2.33. The zero-order valence-electron chi connectivity index (χ0n) is 11.9. The first-order chi connectivity index (χ1) is 9.31. The van der Waals surface area contributed by atoms with Gasteiger partial charge in [-0.25, -0.2) is 4.39 Å².